The van der Waals surface area contributed by atoms with Gasteiger partial charge in [0.05, 0.1) is 19.3 Å². The molecule has 1 aliphatic heterocycles. The number of aromatic nitrogens is 2. The fourth-order valence-electron chi connectivity index (χ4n) is 1.93. The van der Waals surface area contributed by atoms with Crippen molar-refractivity contribution < 1.29 is 9.84 Å². The first-order valence-corrected chi connectivity index (χ1v) is 6.25. The number of nitrogens with zero attached hydrogens (tertiary/aromatic N) is 3. The lowest BCUT2D eigenvalue weighted by atomic mass is 10.3. The van der Waals surface area contributed by atoms with Crippen LogP contribution >= 0.6 is 0 Å². The molecule has 0 spiro atoms. The Hall–Kier alpha value is -1.40. The summed E-state index contributed by atoms with van der Waals surface area (Å²) < 4.78 is 5.42. The zero-order chi connectivity index (χ0) is 13.0. The Morgan fingerprint density at radius 1 is 1.56 bits per heavy atom. The molecule has 0 amide bonds. The number of ether oxygens (including phenoxy) is 1. The molecule has 0 radical (unpaired) electrons. The largest absolute Gasteiger partial charge is 0.394 e. The Balaban J connectivity index is 2.07. The maximum atomic E-state index is 9.13. The summed E-state index contributed by atoms with van der Waals surface area (Å²) in [6.45, 7) is 6.24. The Morgan fingerprint density at radius 2 is 2.39 bits per heavy atom. The van der Waals surface area contributed by atoms with Gasteiger partial charge in [-0.25, -0.2) is 9.97 Å². The van der Waals surface area contributed by atoms with Crippen LogP contribution in [0.1, 0.15) is 13.8 Å². The van der Waals surface area contributed by atoms with Gasteiger partial charge in [-0.15, -0.1) is 0 Å². The monoisotopic (exact) mass is 252 g/mol. The summed E-state index contributed by atoms with van der Waals surface area (Å²) in [5, 5.41) is 12.4. The summed E-state index contributed by atoms with van der Waals surface area (Å²) in [5.74, 6) is 1.69. The van der Waals surface area contributed by atoms with Crippen LogP contribution in [0.3, 0.4) is 0 Å². The molecule has 1 saturated heterocycles. The highest BCUT2D eigenvalue weighted by atomic mass is 16.5. The van der Waals surface area contributed by atoms with E-state index in [1.165, 1.54) is 0 Å². The Kier molecular flexibility index (Phi) is 4.33. The molecule has 0 aliphatic carbocycles. The Morgan fingerprint density at radius 3 is 3.11 bits per heavy atom. The minimum atomic E-state index is -0.129. The SMILES string of the molecule is CC(C)Nc1cc(N2CCOC(CO)C2)ncn1. The van der Waals surface area contributed by atoms with Gasteiger partial charge in [-0.3, -0.25) is 0 Å². The van der Waals surface area contributed by atoms with Gasteiger partial charge in [0.1, 0.15) is 18.0 Å². The molecule has 1 aromatic heterocycles. The van der Waals surface area contributed by atoms with Crippen LogP contribution in [0.2, 0.25) is 0 Å². The molecule has 6 nitrogen and oxygen atoms in total. The van der Waals surface area contributed by atoms with Crippen molar-refractivity contribution in [3.63, 3.8) is 0 Å². The lowest BCUT2D eigenvalue weighted by molar-refractivity contribution is 0.00336. The van der Waals surface area contributed by atoms with Crippen LogP contribution in [0.15, 0.2) is 12.4 Å². The molecule has 1 aliphatic rings. The molecule has 18 heavy (non-hydrogen) atoms. The van der Waals surface area contributed by atoms with Gasteiger partial charge < -0.3 is 20.1 Å². The zero-order valence-corrected chi connectivity index (χ0v) is 10.8. The number of aliphatic hydroxyl groups excluding tert-OH is 1. The molecule has 2 N–H and O–H groups in total. The van der Waals surface area contributed by atoms with E-state index in [0.717, 1.165) is 18.2 Å². The van der Waals surface area contributed by atoms with Crippen LogP contribution in [0.5, 0.6) is 0 Å². The van der Waals surface area contributed by atoms with Crippen molar-refractivity contribution >= 4 is 11.6 Å². The molecule has 6 heteroatoms. The number of morpholine rings is 1. The van der Waals surface area contributed by atoms with E-state index in [4.69, 9.17) is 9.84 Å². The summed E-state index contributed by atoms with van der Waals surface area (Å²) in [7, 11) is 0. The summed E-state index contributed by atoms with van der Waals surface area (Å²) in [6, 6.07) is 2.27. The second-order valence-electron chi connectivity index (χ2n) is 4.68. The van der Waals surface area contributed by atoms with E-state index in [0.29, 0.717) is 19.2 Å². The average molecular weight is 252 g/mol. The van der Waals surface area contributed by atoms with E-state index < -0.39 is 0 Å². The van der Waals surface area contributed by atoms with Crippen molar-refractivity contribution in [2.75, 3.05) is 36.5 Å². The second-order valence-corrected chi connectivity index (χ2v) is 4.68. The molecule has 1 fully saturated rings. The highest BCUT2D eigenvalue weighted by Gasteiger charge is 2.21. The van der Waals surface area contributed by atoms with Crippen LogP contribution in [-0.4, -0.2) is 53.5 Å². The van der Waals surface area contributed by atoms with Crippen LogP contribution in [0.4, 0.5) is 11.6 Å². The third-order valence-corrected chi connectivity index (χ3v) is 2.76. The van der Waals surface area contributed by atoms with Gasteiger partial charge in [-0.1, -0.05) is 0 Å². The average Bonchev–Trinajstić information content (AvgIpc) is 2.38. The minimum absolute atomic E-state index is 0.0404. The van der Waals surface area contributed by atoms with Gasteiger partial charge in [0.25, 0.3) is 0 Å². The van der Waals surface area contributed by atoms with Crippen molar-refractivity contribution in [1.82, 2.24) is 9.97 Å². The van der Waals surface area contributed by atoms with Gasteiger partial charge in [0, 0.05) is 25.2 Å². The van der Waals surface area contributed by atoms with Crippen LogP contribution in [0.25, 0.3) is 0 Å². The van der Waals surface area contributed by atoms with Crippen molar-refractivity contribution in [1.29, 1.82) is 0 Å². The van der Waals surface area contributed by atoms with Gasteiger partial charge in [-0.2, -0.15) is 0 Å². The maximum Gasteiger partial charge on any atom is 0.134 e. The highest BCUT2D eigenvalue weighted by Crippen LogP contribution is 2.17. The number of aliphatic hydroxyl groups is 1. The Labute approximate surface area is 107 Å². The molecule has 1 aromatic rings. The Bertz CT molecular complexity index is 386. The van der Waals surface area contributed by atoms with E-state index in [-0.39, 0.29) is 12.7 Å². The van der Waals surface area contributed by atoms with Crippen molar-refractivity contribution in [3.05, 3.63) is 12.4 Å². The van der Waals surface area contributed by atoms with E-state index in [1.54, 1.807) is 6.33 Å². The van der Waals surface area contributed by atoms with Crippen LogP contribution < -0.4 is 10.2 Å². The quantitative estimate of drug-likeness (QED) is 0.813. The van der Waals surface area contributed by atoms with Crippen LogP contribution in [-0.2, 0) is 4.74 Å². The van der Waals surface area contributed by atoms with E-state index in [2.05, 4.69) is 34.0 Å². The molecule has 100 valence electrons. The minimum Gasteiger partial charge on any atom is -0.394 e. The highest BCUT2D eigenvalue weighted by molar-refractivity contribution is 5.49. The molecule has 1 atom stereocenters. The summed E-state index contributed by atoms with van der Waals surface area (Å²) in [6.07, 6.45) is 1.43. The first kappa shape index (κ1) is 13.0. The first-order valence-electron chi connectivity index (χ1n) is 6.25. The standard InChI is InChI=1S/C12H20N4O2/c1-9(2)15-11-5-12(14-8-13-11)16-3-4-18-10(6-16)7-17/h5,8-10,17H,3-4,6-7H2,1-2H3,(H,13,14,15). The summed E-state index contributed by atoms with van der Waals surface area (Å²) >= 11 is 0. The fraction of sp³-hybridized carbons (Fsp3) is 0.667. The zero-order valence-electron chi connectivity index (χ0n) is 10.8. The van der Waals surface area contributed by atoms with Gasteiger partial charge >= 0.3 is 0 Å². The fourth-order valence-corrected chi connectivity index (χ4v) is 1.93. The topological polar surface area (TPSA) is 70.5 Å². The molecule has 0 aromatic carbocycles. The molecule has 1 unspecified atom stereocenters. The van der Waals surface area contributed by atoms with Gasteiger partial charge in [-0.05, 0) is 13.8 Å². The van der Waals surface area contributed by atoms with Gasteiger partial charge in [0.15, 0.2) is 0 Å². The third kappa shape index (κ3) is 3.30. The number of rotatable bonds is 4. The predicted octanol–water partition coefficient (Wildman–Crippen LogP) is 0.494. The van der Waals surface area contributed by atoms with E-state index >= 15 is 0 Å². The molecule has 0 saturated carbocycles. The molecule has 2 rings (SSSR count). The lowest BCUT2D eigenvalue weighted by Crippen LogP contribution is -2.44. The second kappa shape index (κ2) is 5.97. The summed E-state index contributed by atoms with van der Waals surface area (Å²) in [4.78, 5) is 10.6. The molecular formula is C12H20N4O2. The molecule has 2 heterocycles. The van der Waals surface area contributed by atoms with Gasteiger partial charge in [0.2, 0.25) is 0 Å². The smallest absolute Gasteiger partial charge is 0.134 e. The van der Waals surface area contributed by atoms with Crippen molar-refractivity contribution in [2.24, 2.45) is 0 Å². The van der Waals surface area contributed by atoms with E-state index in [1.807, 2.05) is 6.07 Å². The van der Waals surface area contributed by atoms with Crippen molar-refractivity contribution in [3.8, 4) is 0 Å². The number of hydrogen-bond donors (Lipinski definition) is 2. The first-order chi connectivity index (χ1) is 8.69. The third-order valence-electron chi connectivity index (χ3n) is 2.76. The van der Waals surface area contributed by atoms with Crippen molar-refractivity contribution in [2.45, 2.75) is 26.0 Å². The number of nitrogens with one attached hydrogen (secondary N) is 1. The number of anilines is 2. The molecule has 0 bridgehead atoms. The lowest BCUT2D eigenvalue weighted by Gasteiger charge is -2.32. The normalized spacial score (nSPS) is 20.2. The summed E-state index contributed by atoms with van der Waals surface area (Å²) in [5.41, 5.74) is 0. The predicted molar refractivity (Wildman–Crippen MR) is 69.8 cm³/mol. The maximum absolute atomic E-state index is 9.13. The van der Waals surface area contributed by atoms with Crippen LogP contribution in [0, 0.1) is 0 Å². The van der Waals surface area contributed by atoms with E-state index in [9.17, 15) is 0 Å². The molecular weight excluding hydrogens is 232 g/mol. The number of hydrogen-bond acceptors (Lipinski definition) is 6.